The van der Waals surface area contributed by atoms with Gasteiger partial charge in [0, 0.05) is 7.05 Å². The van der Waals surface area contributed by atoms with Crippen LogP contribution in [0.25, 0.3) is 10.2 Å². The third-order valence-corrected chi connectivity index (χ3v) is 5.19. The number of ketones is 1. The monoisotopic (exact) mass is 359 g/mol. The van der Waals surface area contributed by atoms with Gasteiger partial charge in [0.2, 0.25) is 11.7 Å². The number of carbonyl (C=O) groups excluding carboxylic acids is 2. The number of fused-ring (bicyclic) bond motifs is 2. The van der Waals surface area contributed by atoms with Gasteiger partial charge < -0.3 is 14.8 Å². The number of likely N-dealkylation sites (N-methyl/N-ethyl adjacent to an activating group) is 1. The molecule has 128 valence electrons. The van der Waals surface area contributed by atoms with Gasteiger partial charge in [0.1, 0.15) is 18.1 Å². The molecule has 0 saturated carbocycles. The fourth-order valence-corrected chi connectivity index (χ4v) is 3.73. The fourth-order valence-electron chi connectivity index (χ4n) is 2.82. The summed E-state index contributed by atoms with van der Waals surface area (Å²) in [7, 11) is 1.80. The number of imidazole rings is 1. The zero-order chi connectivity index (χ0) is 17.7. The van der Waals surface area contributed by atoms with Gasteiger partial charge in [-0.25, -0.2) is 14.4 Å². The summed E-state index contributed by atoms with van der Waals surface area (Å²) in [5, 5.41) is 3.08. The lowest BCUT2D eigenvalue weighted by atomic mass is 10.2. The SMILES string of the molecule is CC1C(=O)c2c(ncn2CC(=O)Nc2nc3ccc(F)cc3s2)N1C. The van der Waals surface area contributed by atoms with Crippen LogP contribution in [0.4, 0.5) is 15.3 Å². The standard InChI is InChI=1S/C16H14FN5O2S/c1-8-14(24)13-15(21(8)2)18-7-22(13)6-12(23)20-16-19-10-4-3-9(17)5-11(10)25-16/h3-5,7-8H,6H2,1-2H3,(H,19,20,23). The number of thiazole rings is 1. The lowest BCUT2D eigenvalue weighted by molar-refractivity contribution is -0.116. The van der Waals surface area contributed by atoms with Crippen LogP contribution in [0.15, 0.2) is 24.5 Å². The van der Waals surface area contributed by atoms with Crippen LogP contribution < -0.4 is 10.2 Å². The number of halogens is 1. The zero-order valence-corrected chi connectivity index (χ0v) is 14.3. The van der Waals surface area contributed by atoms with Crippen molar-refractivity contribution in [2.24, 2.45) is 0 Å². The number of benzene rings is 1. The predicted octanol–water partition coefficient (Wildman–Crippen LogP) is 2.29. The Balaban J connectivity index is 1.53. The molecule has 2 aromatic heterocycles. The number of nitrogens with zero attached hydrogens (tertiary/aromatic N) is 4. The van der Waals surface area contributed by atoms with E-state index in [-0.39, 0.29) is 30.1 Å². The summed E-state index contributed by atoms with van der Waals surface area (Å²) in [6.07, 6.45) is 1.48. The number of nitrogens with one attached hydrogen (secondary N) is 1. The molecule has 1 N–H and O–H groups in total. The Hall–Kier alpha value is -2.81. The third kappa shape index (κ3) is 2.56. The molecule has 7 nitrogen and oxygen atoms in total. The minimum Gasteiger partial charge on any atom is -0.348 e. The summed E-state index contributed by atoms with van der Waals surface area (Å²) >= 11 is 1.20. The lowest BCUT2D eigenvalue weighted by Crippen LogP contribution is -2.29. The van der Waals surface area contributed by atoms with E-state index in [1.54, 1.807) is 29.5 Å². The largest absolute Gasteiger partial charge is 0.348 e. The molecule has 1 atom stereocenters. The first-order valence-electron chi connectivity index (χ1n) is 7.62. The molecule has 1 aliphatic rings. The van der Waals surface area contributed by atoms with Crippen LogP contribution in [0.5, 0.6) is 0 Å². The van der Waals surface area contributed by atoms with Gasteiger partial charge in [0.25, 0.3) is 0 Å². The van der Waals surface area contributed by atoms with Crippen molar-refractivity contribution >= 4 is 44.2 Å². The van der Waals surface area contributed by atoms with Gasteiger partial charge in [-0.2, -0.15) is 0 Å². The van der Waals surface area contributed by atoms with Crippen molar-refractivity contribution in [3.05, 3.63) is 36.0 Å². The van der Waals surface area contributed by atoms with E-state index in [0.29, 0.717) is 26.9 Å². The van der Waals surface area contributed by atoms with Gasteiger partial charge in [-0.15, -0.1) is 0 Å². The first-order valence-corrected chi connectivity index (χ1v) is 8.44. The quantitative estimate of drug-likeness (QED) is 0.776. The molecule has 25 heavy (non-hydrogen) atoms. The van der Waals surface area contributed by atoms with Crippen molar-refractivity contribution in [1.29, 1.82) is 0 Å². The van der Waals surface area contributed by atoms with Crippen molar-refractivity contribution in [3.8, 4) is 0 Å². The molecule has 0 aliphatic carbocycles. The van der Waals surface area contributed by atoms with Crippen molar-refractivity contribution in [3.63, 3.8) is 0 Å². The van der Waals surface area contributed by atoms with Crippen molar-refractivity contribution in [1.82, 2.24) is 14.5 Å². The molecule has 0 bridgehead atoms. The number of aromatic nitrogens is 3. The molecular formula is C16H14FN5O2S. The maximum absolute atomic E-state index is 13.2. The topological polar surface area (TPSA) is 80.1 Å². The van der Waals surface area contributed by atoms with E-state index in [1.807, 2.05) is 0 Å². The van der Waals surface area contributed by atoms with Gasteiger partial charge in [0.15, 0.2) is 10.9 Å². The lowest BCUT2D eigenvalue weighted by Gasteiger charge is -2.14. The highest BCUT2D eigenvalue weighted by molar-refractivity contribution is 7.22. The molecule has 4 rings (SSSR count). The Bertz CT molecular complexity index is 1010. The first kappa shape index (κ1) is 15.7. The number of hydrogen-bond donors (Lipinski definition) is 1. The minimum atomic E-state index is -0.347. The molecule has 1 aromatic carbocycles. The third-order valence-electron chi connectivity index (χ3n) is 4.26. The van der Waals surface area contributed by atoms with E-state index in [1.165, 1.54) is 29.8 Å². The average molecular weight is 359 g/mol. The summed E-state index contributed by atoms with van der Waals surface area (Å²) < 4.78 is 15.4. The van der Waals surface area contributed by atoms with E-state index in [9.17, 15) is 14.0 Å². The highest BCUT2D eigenvalue weighted by Crippen LogP contribution is 2.29. The number of carbonyl (C=O) groups is 2. The normalized spacial score (nSPS) is 16.5. The highest BCUT2D eigenvalue weighted by Gasteiger charge is 2.36. The zero-order valence-electron chi connectivity index (χ0n) is 13.5. The van der Waals surface area contributed by atoms with E-state index in [0.717, 1.165) is 0 Å². The number of amides is 1. The van der Waals surface area contributed by atoms with Gasteiger partial charge >= 0.3 is 0 Å². The van der Waals surface area contributed by atoms with Gasteiger partial charge in [0.05, 0.1) is 22.6 Å². The molecule has 1 aliphatic heterocycles. The van der Waals surface area contributed by atoms with Crippen molar-refractivity contribution in [2.75, 3.05) is 17.3 Å². The van der Waals surface area contributed by atoms with E-state index < -0.39 is 0 Å². The summed E-state index contributed by atoms with van der Waals surface area (Å²) in [4.78, 5) is 34.9. The van der Waals surface area contributed by atoms with Gasteiger partial charge in [-0.1, -0.05) is 11.3 Å². The predicted molar refractivity (Wildman–Crippen MR) is 92.6 cm³/mol. The summed E-state index contributed by atoms with van der Waals surface area (Å²) in [6.45, 7) is 1.76. The number of anilines is 2. The van der Waals surface area contributed by atoms with E-state index >= 15 is 0 Å². The maximum atomic E-state index is 13.2. The Labute approximate surface area is 146 Å². The van der Waals surface area contributed by atoms with E-state index in [2.05, 4.69) is 15.3 Å². The van der Waals surface area contributed by atoms with Crippen LogP contribution in [0, 0.1) is 5.82 Å². The van der Waals surface area contributed by atoms with Crippen LogP contribution in [-0.4, -0.2) is 39.3 Å². The number of rotatable bonds is 3. The van der Waals surface area contributed by atoms with Crippen LogP contribution in [-0.2, 0) is 11.3 Å². The second-order valence-electron chi connectivity index (χ2n) is 5.88. The van der Waals surface area contributed by atoms with Crippen LogP contribution in [0.3, 0.4) is 0 Å². The van der Waals surface area contributed by atoms with Crippen molar-refractivity contribution in [2.45, 2.75) is 19.5 Å². The molecule has 3 aromatic rings. The number of Topliss-reactive ketones (excluding diaryl/α,β-unsaturated/α-hetero) is 1. The number of hydrogen-bond acceptors (Lipinski definition) is 6. The van der Waals surface area contributed by atoms with Crippen LogP contribution in [0.2, 0.25) is 0 Å². The molecule has 1 unspecified atom stereocenters. The maximum Gasteiger partial charge on any atom is 0.246 e. The average Bonchev–Trinajstić information content (AvgIpc) is 3.20. The van der Waals surface area contributed by atoms with Crippen LogP contribution in [0.1, 0.15) is 17.4 Å². The highest BCUT2D eigenvalue weighted by atomic mass is 32.1. The van der Waals surface area contributed by atoms with Crippen molar-refractivity contribution < 1.29 is 14.0 Å². The molecule has 0 saturated heterocycles. The minimum absolute atomic E-state index is 0.0427. The van der Waals surface area contributed by atoms with Gasteiger partial charge in [-0.3, -0.25) is 9.59 Å². The Morgan fingerprint density at radius 2 is 2.24 bits per heavy atom. The Kier molecular flexibility index (Phi) is 3.53. The second-order valence-corrected chi connectivity index (χ2v) is 6.91. The molecular weight excluding hydrogens is 345 g/mol. The molecule has 9 heteroatoms. The molecule has 1 amide bonds. The summed E-state index contributed by atoms with van der Waals surface area (Å²) in [6, 6.07) is 3.98. The second kappa shape index (κ2) is 5.62. The molecule has 0 radical (unpaired) electrons. The fraction of sp³-hybridized carbons (Fsp3) is 0.250. The molecule has 0 spiro atoms. The summed E-state index contributed by atoms with van der Waals surface area (Å²) in [5.41, 5.74) is 1.06. The molecule has 0 fully saturated rings. The first-order chi connectivity index (χ1) is 11.9. The smallest absolute Gasteiger partial charge is 0.246 e. The Morgan fingerprint density at radius 3 is 3.04 bits per heavy atom. The van der Waals surface area contributed by atoms with Gasteiger partial charge in [-0.05, 0) is 25.1 Å². The van der Waals surface area contributed by atoms with E-state index in [4.69, 9.17) is 0 Å². The molecule has 3 heterocycles. The Morgan fingerprint density at radius 1 is 1.44 bits per heavy atom. The summed E-state index contributed by atoms with van der Waals surface area (Å²) in [5.74, 6) is -0.145. The van der Waals surface area contributed by atoms with Crippen LogP contribution >= 0.6 is 11.3 Å².